The van der Waals surface area contributed by atoms with Gasteiger partial charge < -0.3 is 5.32 Å². The maximum absolute atomic E-state index is 13.9. The van der Waals surface area contributed by atoms with Gasteiger partial charge in [0.25, 0.3) is 0 Å². The minimum atomic E-state index is -1.64. The predicted octanol–water partition coefficient (Wildman–Crippen LogP) is 3.54. The Hall–Kier alpha value is -4.45. The summed E-state index contributed by atoms with van der Waals surface area (Å²) < 4.78 is 44.6. The third-order valence-corrected chi connectivity index (χ3v) is 5.49. The van der Waals surface area contributed by atoms with E-state index in [9.17, 15) is 22.8 Å². The van der Waals surface area contributed by atoms with Crippen molar-refractivity contribution in [2.75, 3.05) is 5.32 Å². The number of hydrogen-bond acceptors (Lipinski definition) is 6. The van der Waals surface area contributed by atoms with Crippen molar-refractivity contribution in [1.29, 1.82) is 0 Å². The number of anilines is 2. The molecule has 0 spiro atoms. The molecule has 9 nitrogen and oxygen atoms in total. The van der Waals surface area contributed by atoms with Crippen LogP contribution in [0.5, 0.6) is 0 Å². The Morgan fingerprint density at radius 3 is 2.50 bits per heavy atom. The Morgan fingerprint density at radius 1 is 1.03 bits per heavy atom. The van der Waals surface area contributed by atoms with Gasteiger partial charge in [-0.25, -0.2) is 27.3 Å². The number of fused-ring (bicyclic) bond motifs is 1. The first-order chi connectivity index (χ1) is 17.2. The fourth-order valence-electron chi connectivity index (χ4n) is 3.71. The number of nitrogens with zero attached hydrogens (tertiary/aromatic N) is 6. The number of pyridine rings is 1. The summed E-state index contributed by atoms with van der Waals surface area (Å²) in [6, 6.07) is 7.96. The summed E-state index contributed by atoms with van der Waals surface area (Å²) in [6.07, 6.45) is 4.33. The second kappa shape index (κ2) is 8.96. The summed E-state index contributed by atoms with van der Waals surface area (Å²) in [5.41, 5.74) is -0.686. The molecule has 0 amide bonds. The fourth-order valence-corrected chi connectivity index (χ4v) is 3.88. The molecule has 3 aromatic heterocycles. The molecule has 0 aliphatic rings. The molecule has 0 atom stereocenters. The van der Waals surface area contributed by atoms with E-state index in [0.717, 1.165) is 27.6 Å². The van der Waals surface area contributed by atoms with Crippen molar-refractivity contribution >= 4 is 34.1 Å². The summed E-state index contributed by atoms with van der Waals surface area (Å²) >= 11 is 5.96. The van der Waals surface area contributed by atoms with Crippen molar-refractivity contribution < 1.29 is 13.2 Å². The van der Waals surface area contributed by atoms with Crippen molar-refractivity contribution in [1.82, 2.24) is 28.9 Å². The molecule has 5 rings (SSSR count). The molecule has 5 aromatic rings. The number of halogens is 4. The SMILES string of the molecule is Cn1cc2cc(Nc3nc(=O)n(-c4cncc(Cl)c4)c(=O)n3Cc3cc(F)c(F)c(F)c3)ccc2n1. The molecule has 0 aliphatic carbocycles. The quantitative estimate of drug-likeness (QED) is 0.361. The van der Waals surface area contributed by atoms with Gasteiger partial charge in [-0.05, 0) is 42.0 Å². The normalized spacial score (nSPS) is 11.2. The number of aromatic nitrogens is 6. The molecule has 0 bridgehead atoms. The Bertz CT molecular complexity index is 1740. The van der Waals surface area contributed by atoms with Crippen LogP contribution in [-0.2, 0) is 13.6 Å². The molecule has 0 saturated heterocycles. The van der Waals surface area contributed by atoms with Crippen molar-refractivity contribution in [2.45, 2.75) is 6.54 Å². The smallest absolute Gasteiger partial charge is 0.325 e. The van der Waals surface area contributed by atoms with E-state index >= 15 is 0 Å². The maximum Gasteiger partial charge on any atom is 0.359 e. The Balaban J connectivity index is 1.67. The third-order valence-electron chi connectivity index (χ3n) is 5.28. The van der Waals surface area contributed by atoms with E-state index in [1.165, 1.54) is 18.5 Å². The average Bonchev–Trinajstić information content (AvgIpc) is 3.19. The van der Waals surface area contributed by atoms with Gasteiger partial charge in [0.2, 0.25) is 5.95 Å². The van der Waals surface area contributed by atoms with Crippen LogP contribution >= 0.6 is 11.6 Å². The van der Waals surface area contributed by atoms with Gasteiger partial charge in [-0.1, -0.05) is 11.6 Å². The molecule has 182 valence electrons. The minimum Gasteiger partial charge on any atom is -0.325 e. The molecule has 2 aromatic carbocycles. The summed E-state index contributed by atoms with van der Waals surface area (Å²) in [5.74, 6) is -4.68. The van der Waals surface area contributed by atoms with Crippen LogP contribution < -0.4 is 16.7 Å². The molecule has 0 saturated carbocycles. The number of hydrogen-bond donors (Lipinski definition) is 1. The van der Waals surface area contributed by atoms with Crippen molar-refractivity contribution in [3.8, 4) is 5.69 Å². The molecule has 1 N–H and O–H groups in total. The molecular formula is C23H15ClF3N7O2. The van der Waals surface area contributed by atoms with Crippen LogP contribution in [0.3, 0.4) is 0 Å². The van der Waals surface area contributed by atoms with E-state index in [2.05, 4.69) is 20.4 Å². The lowest BCUT2D eigenvalue weighted by Crippen LogP contribution is -2.41. The van der Waals surface area contributed by atoms with Crippen LogP contribution in [0.15, 0.2) is 64.6 Å². The number of aryl methyl sites for hydroxylation is 1. The summed E-state index contributed by atoms with van der Waals surface area (Å²) in [7, 11) is 1.76. The minimum absolute atomic E-state index is 0.0403. The van der Waals surface area contributed by atoms with Gasteiger partial charge in [-0.3, -0.25) is 14.2 Å². The second-order valence-corrected chi connectivity index (χ2v) is 8.29. The first-order valence-electron chi connectivity index (χ1n) is 10.4. The molecule has 0 unspecified atom stereocenters. The zero-order valence-electron chi connectivity index (χ0n) is 18.4. The highest BCUT2D eigenvalue weighted by molar-refractivity contribution is 6.30. The third kappa shape index (κ3) is 4.33. The van der Waals surface area contributed by atoms with Gasteiger partial charge in [0.05, 0.1) is 29.0 Å². The molecular weight excluding hydrogens is 499 g/mol. The lowest BCUT2D eigenvalue weighted by atomic mass is 10.2. The first kappa shape index (κ1) is 23.3. The Labute approximate surface area is 205 Å². The summed E-state index contributed by atoms with van der Waals surface area (Å²) in [4.78, 5) is 34.2. The van der Waals surface area contributed by atoms with Crippen LogP contribution in [0.1, 0.15) is 5.56 Å². The molecule has 0 radical (unpaired) electrons. The van der Waals surface area contributed by atoms with Gasteiger partial charge in [0.1, 0.15) is 0 Å². The topological polar surface area (TPSA) is 99.6 Å². The largest absolute Gasteiger partial charge is 0.359 e. The summed E-state index contributed by atoms with van der Waals surface area (Å²) in [6.45, 7) is -0.439. The van der Waals surface area contributed by atoms with Gasteiger partial charge >= 0.3 is 11.4 Å². The zero-order valence-corrected chi connectivity index (χ0v) is 19.2. The van der Waals surface area contributed by atoms with Crippen molar-refractivity contribution in [3.05, 3.63) is 104 Å². The van der Waals surface area contributed by atoms with E-state index in [1.807, 2.05) is 0 Å². The molecule has 3 heterocycles. The first-order valence-corrected chi connectivity index (χ1v) is 10.8. The van der Waals surface area contributed by atoms with Crippen LogP contribution in [-0.4, -0.2) is 28.9 Å². The molecule has 0 aliphatic heterocycles. The highest BCUT2D eigenvalue weighted by atomic mass is 35.5. The molecule has 0 fully saturated rings. The standard InChI is InChI=1S/C23H15ClF3N7O2/c1-32-11-13-6-15(2-3-19(13)31-32)29-21-30-22(35)34(16-7-14(24)8-28-9-16)23(36)33(21)10-12-4-17(25)20(27)18(26)5-12/h2-9,11H,10H2,1H3,(H,29,30,35). The highest BCUT2D eigenvalue weighted by Crippen LogP contribution is 2.21. The number of rotatable bonds is 5. The average molecular weight is 514 g/mol. The predicted molar refractivity (Wildman–Crippen MR) is 126 cm³/mol. The van der Waals surface area contributed by atoms with Crippen molar-refractivity contribution in [2.24, 2.45) is 7.05 Å². The Kier molecular flexibility index (Phi) is 5.80. The molecule has 36 heavy (non-hydrogen) atoms. The highest BCUT2D eigenvalue weighted by Gasteiger charge is 2.18. The van der Waals surface area contributed by atoms with Gasteiger partial charge in [-0.15, -0.1) is 0 Å². The Morgan fingerprint density at radius 2 is 1.78 bits per heavy atom. The monoisotopic (exact) mass is 513 g/mol. The van der Waals surface area contributed by atoms with E-state index in [0.29, 0.717) is 10.3 Å². The zero-order chi connectivity index (χ0) is 25.6. The van der Waals surface area contributed by atoms with Crippen LogP contribution in [0, 0.1) is 17.5 Å². The van der Waals surface area contributed by atoms with E-state index in [1.54, 1.807) is 36.1 Å². The van der Waals surface area contributed by atoms with Crippen molar-refractivity contribution in [3.63, 3.8) is 0 Å². The lowest BCUT2D eigenvalue weighted by molar-refractivity contribution is 0.444. The second-order valence-electron chi connectivity index (χ2n) is 7.86. The number of nitrogens with one attached hydrogen (secondary N) is 1. The summed E-state index contributed by atoms with van der Waals surface area (Å²) in [5, 5.41) is 8.13. The van der Waals surface area contributed by atoms with Gasteiger partial charge in [0, 0.05) is 30.5 Å². The van der Waals surface area contributed by atoms with Crippen LogP contribution in [0.25, 0.3) is 16.6 Å². The molecule has 13 heteroatoms. The maximum atomic E-state index is 13.9. The van der Waals surface area contributed by atoms with E-state index in [4.69, 9.17) is 11.6 Å². The fraction of sp³-hybridized carbons (Fsp3) is 0.0870. The van der Waals surface area contributed by atoms with Gasteiger partial charge in [0.15, 0.2) is 17.5 Å². The van der Waals surface area contributed by atoms with Gasteiger partial charge in [-0.2, -0.15) is 10.1 Å². The van der Waals surface area contributed by atoms with E-state index in [-0.39, 0.29) is 22.2 Å². The van der Waals surface area contributed by atoms with Crippen LogP contribution in [0.2, 0.25) is 5.02 Å². The van der Waals surface area contributed by atoms with Crippen LogP contribution in [0.4, 0.5) is 24.8 Å². The van der Waals surface area contributed by atoms with E-state index < -0.39 is 35.4 Å². The lowest BCUT2D eigenvalue weighted by Gasteiger charge is -2.16. The number of benzene rings is 2.